The van der Waals surface area contributed by atoms with E-state index in [0.717, 1.165) is 0 Å². The minimum absolute atomic E-state index is 0.159. The van der Waals surface area contributed by atoms with Crippen LogP contribution in [-0.4, -0.2) is 16.6 Å². The zero-order chi connectivity index (χ0) is 8.97. The lowest BCUT2D eigenvalue weighted by Gasteiger charge is -2.10. The highest BCUT2D eigenvalue weighted by atomic mass is 16.2. The van der Waals surface area contributed by atoms with Gasteiger partial charge in [-0.05, 0) is 18.6 Å². The van der Waals surface area contributed by atoms with Crippen LogP contribution in [0.15, 0.2) is 24.5 Å². The Labute approximate surface area is 71.3 Å². The van der Waals surface area contributed by atoms with Gasteiger partial charge < -0.3 is 5.73 Å². The molecule has 0 radical (unpaired) electrons. The van der Waals surface area contributed by atoms with Crippen molar-refractivity contribution in [1.29, 1.82) is 0 Å². The van der Waals surface area contributed by atoms with Gasteiger partial charge in [0.25, 0.3) is 5.91 Å². The van der Waals surface area contributed by atoms with E-state index in [1.165, 1.54) is 0 Å². The van der Waals surface area contributed by atoms with Crippen LogP contribution in [0.1, 0.15) is 13.3 Å². The molecule has 0 aliphatic heterocycles. The van der Waals surface area contributed by atoms with Crippen LogP contribution >= 0.6 is 0 Å². The van der Waals surface area contributed by atoms with Crippen LogP contribution in [0.3, 0.4) is 0 Å². The Kier molecular flexibility index (Phi) is 2.88. The number of rotatable bonds is 3. The highest BCUT2D eigenvalue weighted by Gasteiger charge is 2.09. The quantitative estimate of drug-likeness (QED) is 0.680. The summed E-state index contributed by atoms with van der Waals surface area (Å²) < 4.78 is 1.58. The van der Waals surface area contributed by atoms with Crippen LogP contribution in [0.5, 0.6) is 0 Å². The van der Waals surface area contributed by atoms with Crippen LogP contribution < -0.4 is 11.2 Å². The Bertz CT molecular complexity index is 243. The van der Waals surface area contributed by atoms with E-state index in [-0.39, 0.29) is 5.91 Å². The molecule has 0 bridgehead atoms. The Hall–Kier alpha value is -1.29. The number of carbonyl (C=O) groups excluding carboxylic acids is 1. The predicted molar refractivity (Wildman–Crippen MR) is 47.1 cm³/mol. The number of hydrogen-bond acceptors (Lipinski definition) is 2. The molecule has 1 aromatic heterocycles. The van der Waals surface area contributed by atoms with E-state index >= 15 is 0 Å². The summed E-state index contributed by atoms with van der Waals surface area (Å²) in [6.45, 7) is 1.87. The maximum absolute atomic E-state index is 11.2. The SMILES string of the molecule is CCC(N)C(=O)Nn1cccc1. The molecule has 0 aromatic carbocycles. The summed E-state index contributed by atoms with van der Waals surface area (Å²) in [4.78, 5) is 11.2. The van der Waals surface area contributed by atoms with Crippen LogP contribution in [-0.2, 0) is 4.79 Å². The number of nitrogens with two attached hydrogens (primary N) is 1. The van der Waals surface area contributed by atoms with Crippen LogP contribution in [0.2, 0.25) is 0 Å². The summed E-state index contributed by atoms with van der Waals surface area (Å²) in [6, 6.07) is 3.24. The molecule has 4 nitrogen and oxygen atoms in total. The molecule has 1 rings (SSSR count). The van der Waals surface area contributed by atoms with Crippen molar-refractivity contribution >= 4 is 5.91 Å². The van der Waals surface area contributed by atoms with Crippen molar-refractivity contribution in [2.24, 2.45) is 5.73 Å². The second-order valence-corrected chi connectivity index (χ2v) is 2.58. The smallest absolute Gasteiger partial charge is 0.255 e. The summed E-state index contributed by atoms with van der Waals surface area (Å²) in [5.41, 5.74) is 8.13. The van der Waals surface area contributed by atoms with E-state index in [4.69, 9.17) is 5.73 Å². The van der Waals surface area contributed by atoms with E-state index in [9.17, 15) is 4.79 Å². The van der Waals surface area contributed by atoms with Gasteiger partial charge in [0.05, 0.1) is 6.04 Å². The molecular formula is C8H13N3O. The largest absolute Gasteiger partial charge is 0.320 e. The molecule has 1 atom stereocenters. The number of nitrogens with one attached hydrogen (secondary N) is 1. The molecule has 1 heterocycles. The maximum atomic E-state index is 11.2. The van der Waals surface area contributed by atoms with E-state index in [2.05, 4.69) is 5.43 Å². The molecule has 0 spiro atoms. The molecule has 1 amide bonds. The third-order valence-corrected chi connectivity index (χ3v) is 1.62. The summed E-state index contributed by atoms with van der Waals surface area (Å²) in [5, 5.41) is 0. The van der Waals surface area contributed by atoms with E-state index in [0.29, 0.717) is 6.42 Å². The van der Waals surface area contributed by atoms with Crippen molar-refractivity contribution in [3.8, 4) is 0 Å². The number of aromatic nitrogens is 1. The van der Waals surface area contributed by atoms with Gasteiger partial charge in [-0.1, -0.05) is 6.92 Å². The van der Waals surface area contributed by atoms with E-state index in [1.807, 2.05) is 19.1 Å². The molecule has 0 aliphatic rings. The first-order valence-electron chi connectivity index (χ1n) is 3.93. The van der Waals surface area contributed by atoms with Crippen molar-refractivity contribution in [1.82, 2.24) is 4.68 Å². The molecule has 0 saturated carbocycles. The molecular weight excluding hydrogens is 154 g/mol. The van der Waals surface area contributed by atoms with Crippen molar-refractivity contribution < 1.29 is 4.79 Å². The lowest BCUT2D eigenvalue weighted by atomic mass is 10.2. The fraction of sp³-hybridized carbons (Fsp3) is 0.375. The predicted octanol–water partition coefficient (Wildman–Crippen LogP) is 0.295. The van der Waals surface area contributed by atoms with Gasteiger partial charge in [0.2, 0.25) is 0 Å². The third kappa shape index (κ3) is 2.10. The van der Waals surface area contributed by atoms with Crippen molar-refractivity contribution in [2.45, 2.75) is 19.4 Å². The van der Waals surface area contributed by atoms with Crippen molar-refractivity contribution in [3.05, 3.63) is 24.5 Å². The average molecular weight is 167 g/mol. The Morgan fingerprint density at radius 2 is 2.17 bits per heavy atom. The van der Waals surface area contributed by atoms with E-state index < -0.39 is 6.04 Å². The first-order valence-corrected chi connectivity index (χ1v) is 3.93. The summed E-state index contributed by atoms with van der Waals surface area (Å²) in [6.07, 6.45) is 4.15. The minimum atomic E-state index is -0.424. The van der Waals surface area contributed by atoms with Crippen LogP contribution in [0.4, 0.5) is 0 Å². The lowest BCUT2D eigenvalue weighted by Crippen LogP contribution is -2.38. The van der Waals surface area contributed by atoms with Gasteiger partial charge in [0.1, 0.15) is 0 Å². The van der Waals surface area contributed by atoms with E-state index in [1.54, 1.807) is 17.1 Å². The third-order valence-electron chi connectivity index (χ3n) is 1.62. The molecule has 0 saturated heterocycles. The number of nitrogens with zero attached hydrogens (tertiary/aromatic N) is 1. The minimum Gasteiger partial charge on any atom is -0.320 e. The molecule has 0 aliphatic carbocycles. The van der Waals surface area contributed by atoms with Gasteiger partial charge in [-0.15, -0.1) is 0 Å². The second-order valence-electron chi connectivity index (χ2n) is 2.58. The standard InChI is InChI=1S/C8H13N3O/c1-2-7(9)8(12)10-11-5-3-4-6-11/h3-7H,2,9H2,1H3,(H,10,12). The second kappa shape index (κ2) is 3.92. The fourth-order valence-electron chi connectivity index (χ4n) is 0.805. The lowest BCUT2D eigenvalue weighted by molar-refractivity contribution is -0.118. The Balaban J connectivity index is 2.47. The molecule has 12 heavy (non-hydrogen) atoms. The molecule has 0 fully saturated rings. The zero-order valence-corrected chi connectivity index (χ0v) is 7.03. The molecule has 3 N–H and O–H groups in total. The highest BCUT2D eigenvalue weighted by Crippen LogP contribution is 1.89. The first kappa shape index (κ1) is 8.80. The maximum Gasteiger partial charge on any atom is 0.255 e. The van der Waals surface area contributed by atoms with Gasteiger partial charge in [-0.3, -0.25) is 14.9 Å². The summed E-state index contributed by atoms with van der Waals surface area (Å²) in [5.74, 6) is -0.159. The zero-order valence-electron chi connectivity index (χ0n) is 7.03. The van der Waals surface area contributed by atoms with Gasteiger partial charge in [-0.2, -0.15) is 0 Å². The molecule has 66 valence electrons. The molecule has 1 aromatic rings. The Morgan fingerprint density at radius 1 is 1.58 bits per heavy atom. The van der Waals surface area contributed by atoms with Gasteiger partial charge in [0.15, 0.2) is 0 Å². The summed E-state index contributed by atoms with van der Waals surface area (Å²) >= 11 is 0. The normalized spacial score (nSPS) is 12.5. The van der Waals surface area contributed by atoms with Crippen molar-refractivity contribution in [3.63, 3.8) is 0 Å². The van der Waals surface area contributed by atoms with Gasteiger partial charge >= 0.3 is 0 Å². The number of carbonyl (C=O) groups is 1. The molecule has 1 unspecified atom stereocenters. The highest BCUT2D eigenvalue weighted by molar-refractivity contribution is 5.88. The van der Waals surface area contributed by atoms with Crippen LogP contribution in [0, 0.1) is 0 Å². The summed E-state index contributed by atoms with van der Waals surface area (Å²) in [7, 11) is 0. The number of amides is 1. The Morgan fingerprint density at radius 3 is 2.67 bits per heavy atom. The van der Waals surface area contributed by atoms with Gasteiger partial charge in [-0.25, -0.2) is 0 Å². The van der Waals surface area contributed by atoms with Crippen molar-refractivity contribution in [2.75, 3.05) is 5.43 Å². The number of hydrogen-bond donors (Lipinski definition) is 2. The topological polar surface area (TPSA) is 60.1 Å². The molecule has 4 heteroatoms. The monoisotopic (exact) mass is 167 g/mol. The van der Waals surface area contributed by atoms with Crippen LogP contribution in [0.25, 0.3) is 0 Å². The first-order chi connectivity index (χ1) is 5.74. The van der Waals surface area contributed by atoms with Gasteiger partial charge in [0, 0.05) is 12.4 Å². The fourth-order valence-corrected chi connectivity index (χ4v) is 0.805. The average Bonchev–Trinajstić information content (AvgIpc) is 2.55.